The molecule has 0 saturated heterocycles. The zero-order valence-electron chi connectivity index (χ0n) is 4.74. The standard InChI is InChI=1S/C6H2F3P/c7-3-1-2-4(10)6(9)5(3)8/h1-2H. The van der Waals surface area contributed by atoms with E-state index in [1.54, 1.807) is 0 Å². The molecular weight excluding hydrogens is 160 g/mol. The van der Waals surface area contributed by atoms with Crippen LogP contribution in [-0.4, -0.2) is 0 Å². The predicted octanol–water partition coefficient (Wildman–Crippen LogP) is 2.14. The number of hydrogen-bond acceptors (Lipinski definition) is 0. The summed E-state index contributed by atoms with van der Waals surface area (Å²) in [5.74, 6) is -3.92. The van der Waals surface area contributed by atoms with Crippen LogP contribution in [0.5, 0.6) is 0 Å². The van der Waals surface area contributed by atoms with E-state index >= 15 is 0 Å². The molecule has 0 aliphatic carbocycles. The Kier molecular flexibility index (Phi) is 1.95. The smallest absolute Gasteiger partial charge is 0.195 e. The third-order valence-electron chi connectivity index (χ3n) is 1.01. The van der Waals surface area contributed by atoms with E-state index in [0.29, 0.717) is 0 Å². The highest BCUT2D eigenvalue weighted by molar-refractivity contribution is 7.27. The topological polar surface area (TPSA) is 0 Å². The summed E-state index contributed by atoms with van der Waals surface area (Å²) in [4.78, 5) is 0. The summed E-state index contributed by atoms with van der Waals surface area (Å²) >= 11 is 0. The maximum atomic E-state index is 12.3. The summed E-state index contributed by atoms with van der Waals surface area (Å²) in [6, 6.07) is 1.87. The molecule has 4 heteroatoms. The van der Waals surface area contributed by atoms with Gasteiger partial charge in [-0.25, -0.2) is 13.2 Å². The van der Waals surface area contributed by atoms with Crippen LogP contribution in [0.2, 0.25) is 0 Å². The van der Waals surface area contributed by atoms with Crippen molar-refractivity contribution in [3.63, 3.8) is 0 Å². The summed E-state index contributed by atoms with van der Waals surface area (Å²) in [5, 5.41) is -0.195. The normalized spacial score (nSPS) is 10.0. The lowest BCUT2D eigenvalue weighted by Gasteiger charge is -1.95. The second-order valence-corrected chi connectivity index (χ2v) is 2.18. The maximum absolute atomic E-state index is 12.3. The SMILES string of the molecule is Fc1ccc([P])c(F)c1F. The minimum atomic E-state index is -1.48. The molecule has 0 aliphatic rings. The second-order valence-electron chi connectivity index (χ2n) is 1.69. The summed E-state index contributed by atoms with van der Waals surface area (Å²) < 4.78 is 36.6. The van der Waals surface area contributed by atoms with Gasteiger partial charge in [0.15, 0.2) is 17.5 Å². The highest BCUT2D eigenvalue weighted by Gasteiger charge is 2.09. The van der Waals surface area contributed by atoms with Crippen molar-refractivity contribution in [2.24, 2.45) is 0 Å². The van der Waals surface area contributed by atoms with Gasteiger partial charge in [-0.15, -0.1) is 0 Å². The van der Waals surface area contributed by atoms with Gasteiger partial charge < -0.3 is 0 Å². The van der Waals surface area contributed by atoms with Crippen LogP contribution in [-0.2, 0) is 0 Å². The van der Waals surface area contributed by atoms with Crippen LogP contribution < -0.4 is 5.30 Å². The van der Waals surface area contributed by atoms with E-state index in [0.717, 1.165) is 12.1 Å². The highest BCUT2D eigenvalue weighted by atomic mass is 31.0. The molecule has 0 unspecified atom stereocenters. The van der Waals surface area contributed by atoms with Crippen molar-refractivity contribution >= 4 is 14.5 Å². The Balaban J connectivity index is 3.34. The summed E-state index contributed by atoms with van der Waals surface area (Å²) in [5.41, 5.74) is 0. The first-order chi connectivity index (χ1) is 4.63. The van der Waals surface area contributed by atoms with Crippen LogP contribution in [0.15, 0.2) is 12.1 Å². The average Bonchev–Trinajstić information content (AvgIpc) is 1.93. The van der Waals surface area contributed by atoms with Crippen LogP contribution in [0.25, 0.3) is 0 Å². The number of halogens is 3. The van der Waals surface area contributed by atoms with Crippen LogP contribution >= 0.6 is 9.24 Å². The fourth-order valence-electron chi connectivity index (χ4n) is 0.516. The van der Waals surface area contributed by atoms with Crippen molar-refractivity contribution in [3.05, 3.63) is 29.6 Å². The Bertz CT molecular complexity index is 232. The van der Waals surface area contributed by atoms with Crippen LogP contribution in [0.1, 0.15) is 0 Å². The van der Waals surface area contributed by atoms with Gasteiger partial charge >= 0.3 is 0 Å². The molecule has 0 aliphatic heterocycles. The zero-order valence-corrected chi connectivity index (χ0v) is 5.63. The second kappa shape index (κ2) is 2.59. The molecular formula is C6H2F3P. The van der Waals surface area contributed by atoms with Crippen LogP contribution in [0.4, 0.5) is 13.2 Å². The molecule has 10 heavy (non-hydrogen) atoms. The first-order valence-electron chi connectivity index (χ1n) is 2.45. The Morgan fingerprint density at radius 1 is 1.00 bits per heavy atom. The lowest BCUT2D eigenvalue weighted by molar-refractivity contribution is 0.451. The molecule has 0 atom stereocenters. The summed E-state index contributed by atoms with van der Waals surface area (Å²) in [6.45, 7) is 0. The fraction of sp³-hybridized carbons (Fsp3) is 0. The molecule has 2 radical (unpaired) electrons. The molecule has 52 valence electrons. The molecule has 0 amide bonds. The number of benzene rings is 1. The predicted molar refractivity (Wildman–Crippen MR) is 32.9 cm³/mol. The van der Waals surface area contributed by atoms with Crippen molar-refractivity contribution < 1.29 is 13.2 Å². The van der Waals surface area contributed by atoms with Crippen LogP contribution in [0, 0.1) is 17.5 Å². The van der Waals surface area contributed by atoms with Crippen molar-refractivity contribution in [2.45, 2.75) is 0 Å². The summed E-state index contributed by atoms with van der Waals surface area (Å²) in [7, 11) is 3.53. The van der Waals surface area contributed by atoms with Gasteiger partial charge in [0.05, 0.1) is 0 Å². The lowest BCUT2D eigenvalue weighted by Crippen LogP contribution is -2.03. The Morgan fingerprint density at radius 2 is 1.60 bits per heavy atom. The molecule has 1 rings (SSSR count). The Hall–Kier alpha value is -0.560. The average molecular weight is 162 g/mol. The quantitative estimate of drug-likeness (QED) is 0.405. The number of hydrogen-bond donors (Lipinski definition) is 0. The van der Waals surface area contributed by atoms with Crippen molar-refractivity contribution in [1.82, 2.24) is 0 Å². The van der Waals surface area contributed by atoms with Gasteiger partial charge in [0, 0.05) is 5.30 Å². The first kappa shape index (κ1) is 7.55. The molecule has 1 aromatic rings. The van der Waals surface area contributed by atoms with Crippen molar-refractivity contribution in [1.29, 1.82) is 0 Å². The van der Waals surface area contributed by atoms with Gasteiger partial charge in [0.1, 0.15) is 0 Å². The fourth-order valence-corrected chi connectivity index (χ4v) is 0.688. The molecule has 0 nitrogen and oxygen atoms in total. The van der Waals surface area contributed by atoms with E-state index in [9.17, 15) is 13.2 Å². The number of rotatable bonds is 0. The zero-order chi connectivity index (χ0) is 7.72. The van der Waals surface area contributed by atoms with E-state index in [-0.39, 0.29) is 5.30 Å². The summed E-state index contributed by atoms with van der Waals surface area (Å²) in [6.07, 6.45) is 0. The van der Waals surface area contributed by atoms with Gasteiger partial charge in [-0.1, -0.05) is 0 Å². The van der Waals surface area contributed by atoms with E-state index < -0.39 is 17.5 Å². The molecule has 0 aromatic heterocycles. The monoisotopic (exact) mass is 162 g/mol. The molecule has 0 fully saturated rings. The van der Waals surface area contributed by atoms with Gasteiger partial charge in [0.25, 0.3) is 0 Å². The molecule has 0 N–H and O–H groups in total. The largest absolute Gasteiger partial charge is 0.204 e. The Labute approximate surface area is 58.3 Å². The lowest BCUT2D eigenvalue weighted by atomic mass is 10.3. The highest BCUT2D eigenvalue weighted by Crippen LogP contribution is 2.08. The first-order valence-corrected chi connectivity index (χ1v) is 2.90. The van der Waals surface area contributed by atoms with Crippen LogP contribution in [0.3, 0.4) is 0 Å². The van der Waals surface area contributed by atoms with Crippen molar-refractivity contribution in [3.8, 4) is 0 Å². The van der Waals surface area contributed by atoms with E-state index in [4.69, 9.17) is 0 Å². The van der Waals surface area contributed by atoms with Gasteiger partial charge in [-0.3, -0.25) is 0 Å². The Morgan fingerprint density at radius 3 is 2.10 bits per heavy atom. The van der Waals surface area contributed by atoms with E-state index in [2.05, 4.69) is 9.24 Å². The molecule has 0 spiro atoms. The minimum Gasteiger partial charge on any atom is -0.204 e. The molecule has 0 saturated carbocycles. The van der Waals surface area contributed by atoms with Gasteiger partial charge in [0.2, 0.25) is 0 Å². The van der Waals surface area contributed by atoms with Gasteiger partial charge in [-0.05, 0) is 21.4 Å². The molecule has 0 bridgehead atoms. The third-order valence-corrected chi connectivity index (χ3v) is 1.36. The maximum Gasteiger partial charge on any atom is 0.195 e. The van der Waals surface area contributed by atoms with E-state index in [1.165, 1.54) is 0 Å². The third kappa shape index (κ3) is 1.14. The van der Waals surface area contributed by atoms with E-state index in [1.807, 2.05) is 0 Å². The van der Waals surface area contributed by atoms with Gasteiger partial charge in [-0.2, -0.15) is 0 Å². The molecule has 1 aromatic carbocycles. The van der Waals surface area contributed by atoms with Crippen molar-refractivity contribution in [2.75, 3.05) is 0 Å². The molecule has 0 heterocycles. The minimum absolute atomic E-state index is 0.195.